The van der Waals surface area contributed by atoms with E-state index in [-0.39, 0.29) is 5.91 Å². The SMILES string of the molecule is CCCCCNC(=S)NNC(=O)c1ccc(COC)cc1. The Hall–Kier alpha value is -1.66. The van der Waals surface area contributed by atoms with Gasteiger partial charge < -0.3 is 10.1 Å². The minimum atomic E-state index is -0.225. The average Bonchev–Trinajstić information content (AvgIpc) is 2.50. The number of hydrazine groups is 1. The number of rotatable bonds is 7. The highest BCUT2D eigenvalue weighted by atomic mass is 32.1. The maximum atomic E-state index is 11.9. The highest BCUT2D eigenvalue weighted by Crippen LogP contribution is 2.05. The molecule has 0 aliphatic heterocycles. The van der Waals surface area contributed by atoms with Crippen LogP contribution in [0.1, 0.15) is 42.1 Å². The van der Waals surface area contributed by atoms with Crippen LogP contribution < -0.4 is 16.2 Å². The molecule has 3 N–H and O–H groups in total. The Kier molecular flexibility index (Phi) is 8.38. The summed E-state index contributed by atoms with van der Waals surface area (Å²) in [6, 6.07) is 7.23. The largest absolute Gasteiger partial charge is 0.380 e. The quantitative estimate of drug-likeness (QED) is 0.409. The monoisotopic (exact) mass is 309 g/mol. The van der Waals surface area contributed by atoms with Crippen LogP contribution in [0, 0.1) is 0 Å². The van der Waals surface area contributed by atoms with Crippen LogP contribution in [0.5, 0.6) is 0 Å². The van der Waals surface area contributed by atoms with Crippen LogP contribution in [0.3, 0.4) is 0 Å². The molecule has 1 rings (SSSR count). The van der Waals surface area contributed by atoms with E-state index in [1.54, 1.807) is 19.2 Å². The van der Waals surface area contributed by atoms with E-state index in [4.69, 9.17) is 17.0 Å². The molecular weight excluding hydrogens is 286 g/mol. The third-order valence-electron chi connectivity index (χ3n) is 2.88. The Morgan fingerprint density at radius 3 is 2.52 bits per heavy atom. The number of benzene rings is 1. The minimum Gasteiger partial charge on any atom is -0.380 e. The second-order valence-electron chi connectivity index (χ2n) is 4.67. The van der Waals surface area contributed by atoms with Gasteiger partial charge in [0.2, 0.25) is 0 Å². The molecule has 0 atom stereocenters. The molecule has 0 unspecified atom stereocenters. The van der Waals surface area contributed by atoms with Gasteiger partial charge in [-0.3, -0.25) is 15.6 Å². The summed E-state index contributed by atoms with van der Waals surface area (Å²) in [6.45, 7) is 3.49. The summed E-state index contributed by atoms with van der Waals surface area (Å²) in [5.74, 6) is -0.225. The molecule has 0 aliphatic rings. The molecule has 0 aliphatic carbocycles. The van der Waals surface area contributed by atoms with Crippen molar-refractivity contribution >= 4 is 23.2 Å². The zero-order chi connectivity index (χ0) is 15.5. The van der Waals surface area contributed by atoms with E-state index in [1.165, 1.54) is 0 Å². The Bertz CT molecular complexity index is 449. The molecule has 0 saturated heterocycles. The molecule has 5 nitrogen and oxygen atoms in total. The van der Waals surface area contributed by atoms with Crippen molar-refractivity contribution in [2.24, 2.45) is 0 Å². The van der Waals surface area contributed by atoms with Crippen LogP contribution in [0.25, 0.3) is 0 Å². The fourth-order valence-electron chi connectivity index (χ4n) is 1.73. The van der Waals surface area contributed by atoms with E-state index in [9.17, 15) is 4.79 Å². The molecule has 0 bridgehead atoms. The number of hydrogen-bond acceptors (Lipinski definition) is 3. The normalized spacial score (nSPS) is 10.0. The van der Waals surface area contributed by atoms with E-state index in [2.05, 4.69) is 23.1 Å². The lowest BCUT2D eigenvalue weighted by atomic mass is 10.1. The van der Waals surface area contributed by atoms with Gasteiger partial charge in [-0.05, 0) is 36.3 Å². The maximum absolute atomic E-state index is 11.9. The van der Waals surface area contributed by atoms with Crippen molar-refractivity contribution in [3.63, 3.8) is 0 Å². The van der Waals surface area contributed by atoms with Gasteiger partial charge >= 0.3 is 0 Å². The highest BCUT2D eigenvalue weighted by Gasteiger charge is 2.05. The second-order valence-corrected chi connectivity index (χ2v) is 5.08. The van der Waals surface area contributed by atoms with Gasteiger partial charge in [-0.15, -0.1) is 0 Å². The zero-order valence-electron chi connectivity index (χ0n) is 12.6. The minimum absolute atomic E-state index is 0.225. The number of carbonyl (C=O) groups is 1. The molecular formula is C15H23N3O2S. The van der Waals surface area contributed by atoms with Gasteiger partial charge in [-0.1, -0.05) is 31.9 Å². The fraction of sp³-hybridized carbons (Fsp3) is 0.467. The summed E-state index contributed by atoms with van der Waals surface area (Å²) in [4.78, 5) is 11.9. The van der Waals surface area contributed by atoms with Gasteiger partial charge in [0.25, 0.3) is 5.91 Å². The van der Waals surface area contributed by atoms with Gasteiger partial charge in [0.05, 0.1) is 6.61 Å². The van der Waals surface area contributed by atoms with Crippen LogP contribution in [-0.4, -0.2) is 24.7 Å². The smallest absolute Gasteiger partial charge is 0.269 e. The van der Waals surface area contributed by atoms with Crippen molar-refractivity contribution in [3.05, 3.63) is 35.4 Å². The Morgan fingerprint density at radius 2 is 1.90 bits per heavy atom. The topological polar surface area (TPSA) is 62.4 Å². The predicted molar refractivity (Wildman–Crippen MR) is 87.9 cm³/mol. The predicted octanol–water partition coefficient (Wildman–Crippen LogP) is 2.13. The van der Waals surface area contributed by atoms with Crippen LogP contribution in [-0.2, 0) is 11.3 Å². The van der Waals surface area contributed by atoms with Gasteiger partial charge in [0.1, 0.15) is 0 Å². The van der Waals surface area contributed by atoms with Crippen molar-refractivity contribution in [1.82, 2.24) is 16.2 Å². The Balaban J connectivity index is 2.31. The van der Waals surface area contributed by atoms with E-state index < -0.39 is 0 Å². The molecule has 21 heavy (non-hydrogen) atoms. The first-order chi connectivity index (χ1) is 10.2. The second kappa shape index (κ2) is 10.1. The third kappa shape index (κ3) is 7.06. The lowest BCUT2D eigenvalue weighted by molar-refractivity contribution is 0.0943. The molecule has 0 fully saturated rings. The number of hydrogen-bond donors (Lipinski definition) is 3. The summed E-state index contributed by atoms with van der Waals surface area (Å²) in [7, 11) is 1.64. The van der Waals surface area contributed by atoms with Crippen molar-refractivity contribution in [2.45, 2.75) is 32.8 Å². The van der Waals surface area contributed by atoms with Crippen LogP contribution >= 0.6 is 12.2 Å². The molecule has 116 valence electrons. The highest BCUT2D eigenvalue weighted by molar-refractivity contribution is 7.80. The Morgan fingerprint density at radius 1 is 1.19 bits per heavy atom. The lowest BCUT2D eigenvalue weighted by Crippen LogP contribution is -2.46. The molecule has 0 heterocycles. The van der Waals surface area contributed by atoms with Crippen LogP contribution in [0.4, 0.5) is 0 Å². The van der Waals surface area contributed by atoms with E-state index in [0.29, 0.717) is 17.3 Å². The number of carbonyl (C=O) groups excluding carboxylic acids is 1. The first-order valence-corrected chi connectivity index (χ1v) is 7.50. The molecule has 1 aromatic rings. The molecule has 1 aromatic carbocycles. The first-order valence-electron chi connectivity index (χ1n) is 7.09. The summed E-state index contributed by atoms with van der Waals surface area (Å²) < 4.78 is 5.02. The molecule has 0 spiro atoms. The molecule has 0 aromatic heterocycles. The zero-order valence-corrected chi connectivity index (χ0v) is 13.4. The number of ether oxygens (including phenoxy) is 1. The standard InChI is InChI=1S/C15H23N3O2S/c1-3-4-5-10-16-15(21)18-17-14(19)13-8-6-12(7-9-13)11-20-2/h6-9H,3-5,10-11H2,1-2H3,(H,17,19)(H2,16,18,21). The van der Waals surface area contributed by atoms with Gasteiger partial charge in [0, 0.05) is 19.2 Å². The fourth-order valence-corrected chi connectivity index (χ4v) is 1.88. The number of amides is 1. The number of unbranched alkanes of at least 4 members (excludes halogenated alkanes) is 2. The number of thiocarbonyl (C=S) groups is 1. The molecule has 1 amide bonds. The van der Waals surface area contributed by atoms with Gasteiger partial charge in [-0.25, -0.2) is 0 Å². The van der Waals surface area contributed by atoms with E-state index >= 15 is 0 Å². The average molecular weight is 309 g/mol. The lowest BCUT2D eigenvalue weighted by Gasteiger charge is -2.11. The van der Waals surface area contributed by atoms with Crippen molar-refractivity contribution < 1.29 is 9.53 Å². The molecule has 0 saturated carbocycles. The molecule has 6 heteroatoms. The first kappa shape index (κ1) is 17.4. The number of methoxy groups -OCH3 is 1. The summed E-state index contributed by atoms with van der Waals surface area (Å²) in [5.41, 5.74) is 6.85. The molecule has 0 radical (unpaired) electrons. The van der Waals surface area contributed by atoms with Gasteiger partial charge in [0.15, 0.2) is 5.11 Å². The summed E-state index contributed by atoms with van der Waals surface area (Å²) >= 11 is 5.07. The van der Waals surface area contributed by atoms with Crippen LogP contribution in [0.2, 0.25) is 0 Å². The van der Waals surface area contributed by atoms with E-state index in [0.717, 1.165) is 31.4 Å². The number of nitrogens with one attached hydrogen (secondary N) is 3. The van der Waals surface area contributed by atoms with E-state index in [1.807, 2.05) is 12.1 Å². The van der Waals surface area contributed by atoms with Crippen molar-refractivity contribution in [3.8, 4) is 0 Å². The Labute approximate surface area is 131 Å². The van der Waals surface area contributed by atoms with Crippen molar-refractivity contribution in [2.75, 3.05) is 13.7 Å². The summed E-state index contributed by atoms with van der Waals surface area (Å²) in [6.07, 6.45) is 3.39. The maximum Gasteiger partial charge on any atom is 0.269 e. The summed E-state index contributed by atoms with van der Waals surface area (Å²) in [5, 5.41) is 3.47. The van der Waals surface area contributed by atoms with Gasteiger partial charge in [-0.2, -0.15) is 0 Å². The third-order valence-corrected chi connectivity index (χ3v) is 3.13. The van der Waals surface area contributed by atoms with Crippen molar-refractivity contribution in [1.29, 1.82) is 0 Å². The van der Waals surface area contributed by atoms with Crippen LogP contribution in [0.15, 0.2) is 24.3 Å².